The van der Waals surface area contributed by atoms with Gasteiger partial charge in [-0.25, -0.2) is 0 Å². The average Bonchev–Trinajstić information content (AvgIpc) is 2.51. The van der Waals surface area contributed by atoms with Crippen LogP contribution in [0.3, 0.4) is 0 Å². The Kier molecular flexibility index (Phi) is 12.1. The molecule has 1 saturated heterocycles. The van der Waals surface area contributed by atoms with Gasteiger partial charge in [-0.05, 0) is 45.4 Å². The summed E-state index contributed by atoms with van der Waals surface area (Å²) in [5.41, 5.74) is 0. The number of nitrogens with one attached hydrogen (secondary N) is 2. The first-order valence-corrected chi connectivity index (χ1v) is 8.68. The third-order valence-electron chi connectivity index (χ3n) is 3.85. The third-order valence-corrected chi connectivity index (χ3v) is 3.85. The molecule has 0 atom stereocenters. The van der Waals surface area contributed by atoms with Crippen LogP contribution in [-0.4, -0.2) is 76.6 Å². The highest BCUT2D eigenvalue weighted by molar-refractivity contribution is 4.76. The molecule has 21 heavy (non-hydrogen) atoms. The Morgan fingerprint density at radius 3 is 2.33 bits per heavy atom. The van der Waals surface area contributed by atoms with Crippen LogP contribution in [0.4, 0.5) is 0 Å². The van der Waals surface area contributed by atoms with Gasteiger partial charge >= 0.3 is 0 Å². The summed E-state index contributed by atoms with van der Waals surface area (Å²) < 4.78 is 11.1. The highest BCUT2D eigenvalue weighted by atomic mass is 16.5. The van der Waals surface area contributed by atoms with Crippen molar-refractivity contribution >= 4 is 0 Å². The molecule has 0 aromatic heterocycles. The van der Waals surface area contributed by atoms with Crippen LogP contribution >= 0.6 is 0 Å². The molecule has 0 spiro atoms. The minimum Gasteiger partial charge on any atom is -0.378 e. The third kappa shape index (κ3) is 10.2. The Bertz CT molecular complexity index is 222. The van der Waals surface area contributed by atoms with Crippen LogP contribution < -0.4 is 10.6 Å². The summed E-state index contributed by atoms with van der Waals surface area (Å²) in [7, 11) is 0. The highest BCUT2D eigenvalue weighted by Gasteiger charge is 2.17. The van der Waals surface area contributed by atoms with Gasteiger partial charge in [0.25, 0.3) is 0 Å². The largest absolute Gasteiger partial charge is 0.378 e. The first-order chi connectivity index (χ1) is 10.4. The van der Waals surface area contributed by atoms with E-state index in [9.17, 15) is 0 Å². The summed E-state index contributed by atoms with van der Waals surface area (Å²) in [6.45, 7) is 13.9. The minimum absolute atomic E-state index is 0.705. The van der Waals surface area contributed by atoms with Gasteiger partial charge in [0, 0.05) is 19.1 Å². The molecule has 1 aliphatic rings. The number of rotatable bonds is 13. The van der Waals surface area contributed by atoms with E-state index < -0.39 is 0 Å². The lowest BCUT2D eigenvalue weighted by molar-refractivity contribution is 0.0365. The van der Waals surface area contributed by atoms with Crippen LogP contribution in [-0.2, 0) is 9.47 Å². The molecule has 0 radical (unpaired) electrons. The van der Waals surface area contributed by atoms with E-state index in [-0.39, 0.29) is 0 Å². The van der Waals surface area contributed by atoms with Gasteiger partial charge in [-0.15, -0.1) is 0 Å². The van der Waals surface area contributed by atoms with Gasteiger partial charge in [0.2, 0.25) is 0 Å². The maximum atomic E-state index is 5.64. The monoisotopic (exact) mass is 301 g/mol. The second-order valence-electron chi connectivity index (χ2n) is 5.65. The minimum atomic E-state index is 0.705. The normalized spacial score (nSPS) is 17.4. The molecule has 1 aliphatic heterocycles. The topological polar surface area (TPSA) is 45.8 Å². The van der Waals surface area contributed by atoms with Gasteiger partial charge in [-0.1, -0.05) is 13.8 Å². The van der Waals surface area contributed by atoms with Gasteiger partial charge in [-0.3, -0.25) is 0 Å². The van der Waals surface area contributed by atoms with Crippen molar-refractivity contribution in [3.8, 4) is 0 Å². The predicted molar refractivity (Wildman–Crippen MR) is 87.9 cm³/mol. The van der Waals surface area contributed by atoms with Crippen molar-refractivity contribution in [2.45, 2.75) is 39.2 Å². The Labute approximate surface area is 130 Å². The molecular formula is C16H35N3O2. The summed E-state index contributed by atoms with van der Waals surface area (Å²) in [5.74, 6) is 0. The number of ether oxygens (including phenoxy) is 2. The predicted octanol–water partition coefficient (Wildman–Crippen LogP) is 1.09. The van der Waals surface area contributed by atoms with Crippen LogP contribution in [0.25, 0.3) is 0 Å². The van der Waals surface area contributed by atoms with E-state index in [2.05, 4.69) is 29.4 Å². The first kappa shape index (κ1) is 18.8. The zero-order chi connectivity index (χ0) is 15.2. The molecule has 1 rings (SSSR count). The highest BCUT2D eigenvalue weighted by Crippen LogP contribution is 2.09. The van der Waals surface area contributed by atoms with Crippen molar-refractivity contribution in [3.05, 3.63) is 0 Å². The molecule has 5 heteroatoms. The van der Waals surface area contributed by atoms with Gasteiger partial charge in [0.05, 0.1) is 26.4 Å². The van der Waals surface area contributed by atoms with E-state index in [0.29, 0.717) is 13.2 Å². The van der Waals surface area contributed by atoms with Crippen LogP contribution in [0.1, 0.15) is 33.1 Å². The number of hydrogen-bond acceptors (Lipinski definition) is 5. The van der Waals surface area contributed by atoms with E-state index in [0.717, 1.165) is 45.4 Å². The summed E-state index contributed by atoms with van der Waals surface area (Å²) in [6.07, 6.45) is 3.71. The SMILES string of the molecule is CCCNCCOCCOCCN1CCC(NCC)CC1. The van der Waals surface area contributed by atoms with Crippen LogP contribution in [0, 0.1) is 0 Å². The van der Waals surface area contributed by atoms with Crippen molar-refractivity contribution in [3.63, 3.8) is 0 Å². The molecule has 0 amide bonds. The van der Waals surface area contributed by atoms with Crippen molar-refractivity contribution in [2.24, 2.45) is 0 Å². The molecule has 0 unspecified atom stereocenters. The van der Waals surface area contributed by atoms with Crippen molar-refractivity contribution in [2.75, 3.05) is 65.7 Å². The van der Waals surface area contributed by atoms with E-state index >= 15 is 0 Å². The smallest absolute Gasteiger partial charge is 0.0701 e. The summed E-state index contributed by atoms with van der Waals surface area (Å²) in [6, 6.07) is 0.724. The lowest BCUT2D eigenvalue weighted by Gasteiger charge is -2.32. The maximum absolute atomic E-state index is 5.64. The Morgan fingerprint density at radius 1 is 0.952 bits per heavy atom. The molecule has 0 bridgehead atoms. The number of hydrogen-bond donors (Lipinski definition) is 2. The molecule has 2 N–H and O–H groups in total. The Balaban J connectivity index is 1.80. The molecule has 1 heterocycles. The van der Waals surface area contributed by atoms with Gasteiger partial charge < -0.3 is 25.0 Å². The molecule has 0 aromatic carbocycles. The fourth-order valence-corrected chi connectivity index (χ4v) is 2.61. The standard InChI is InChI=1S/C16H35N3O2/c1-3-7-17-8-12-20-14-15-21-13-11-19-9-5-16(6-10-19)18-4-2/h16-18H,3-15H2,1-2H3. The lowest BCUT2D eigenvalue weighted by Crippen LogP contribution is -2.43. The van der Waals surface area contributed by atoms with E-state index in [1.54, 1.807) is 0 Å². The maximum Gasteiger partial charge on any atom is 0.0701 e. The summed E-state index contributed by atoms with van der Waals surface area (Å²) in [4.78, 5) is 2.50. The van der Waals surface area contributed by atoms with Gasteiger partial charge in [0.15, 0.2) is 0 Å². The molecule has 0 aromatic rings. The fraction of sp³-hybridized carbons (Fsp3) is 1.00. The summed E-state index contributed by atoms with van der Waals surface area (Å²) >= 11 is 0. The van der Waals surface area contributed by atoms with Gasteiger partial charge in [-0.2, -0.15) is 0 Å². The molecule has 0 aliphatic carbocycles. The van der Waals surface area contributed by atoms with E-state index in [1.165, 1.54) is 32.4 Å². The van der Waals surface area contributed by atoms with Crippen molar-refractivity contribution in [1.82, 2.24) is 15.5 Å². The molecule has 1 fully saturated rings. The molecule has 126 valence electrons. The second-order valence-corrected chi connectivity index (χ2v) is 5.65. The fourth-order valence-electron chi connectivity index (χ4n) is 2.61. The Morgan fingerprint density at radius 2 is 1.67 bits per heavy atom. The number of likely N-dealkylation sites (tertiary alicyclic amines) is 1. The molecule has 0 saturated carbocycles. The van der Waals surface area contributed by atoms with Crippen molar-refractivity contribution in [1.29, 1.82) is 0 Å². The van der Waals surface area contributed by atoms with E-state index in [1.807, 2.05) is 0 Å². The summed E-state index contributed by atoms with van der Waals surface area (Å²) in [5, 5.41) is 6.85. The van der Waals surface area contributed by atoms with Crippen LogP contribution in [0.5, 0.6) is 0 Å². The Hall–Kier alpha value is -0.200. The average molecular weight is 301 g/mol. The van der Waals surface area contributed by atoms with E-state index in [4.69, 9.17) is 9.47 Å². The first-order valence-electron chi connectivity index (χ1n) is 8.68. The zero-order valence-electron chi connectivity index (χ0n) is 14.0. The quantitative estimate of drug-likeness (QED) is 0.499. The number of nitrogens with zero attached hydrogens (tertiary/aromatic N) is 1. The van der Waals surface area contributed by atoms with Crippen LogP contribution in [0.2, 0.25) is 0 Å². The second kappa shape index (κ2) is 13.5. The number of piperidine rings is 1. The molecular weight excluding hydrogens is 266 g/mol. The van der Waals surface area contributed by atoms with Gasteiger partial charge in [0.1, 0.15) is 0 Å². The van der Waals surface area contributed by atoms with Crippen molar-refractivity contribution < 1.29 is 9.47 Å². The molecule has 5 nitrogen and oxygen atoms in total. The lowest BCUT2D eigenvalue weighted by atomic mass is 10.1. The zero-order valence-corrected chi connectivity index (χ0v) is 14.0. The van der Waals surface area contributed by atoms with Crippen LogP contribution in [0.15, 0.2) is 0 Å².